The van der Waals surface area contributed by atoms with E-state index in [0.717, 1.165) is 0 Å². The zero-order valence-electron chi connectivity index (χ0n) is 8.83. The SMILES string of the molecule is CC(CC(N)=O)Nc1ccc(C#N)cc1Cl. The van der Waals surface area contributed by atoms with Crippen molar-refractivity contribution in [2.75, 3.05) is 5.32 Å². The highest BCUT2D eigenvalue weighted by atomic mass is 35.5. The van der Waals surface area contributed by atoms with Crippen LogP contribution in [0.5, 0.6) is 0 Å². The lowest BCUT2D eigenvalue weighted by atomic mass is 10.2. The van der Waals surface area contributed by atoms with Crippen molar-refractivity contribution in [3.05, 3.63) is 28.8 Å². The lowest BCUT2D eigenvalue weighted by Crippen LogP contribution is -2.24. The molecule has 1 atom stereocenters. The summed E-state index contributed by atoms with van der Waals surface area (Å²) in [6.07, 6.45) is 0.232. The lowest BCUT2D eigenvalue weighted by Gasteiger charge is -2.14. The molecule has 0 aliphatic rings. The number of rotatable bonds is 4. The number of carbonyl (C=O) groups excluding carboxylic acids is 1. The number of carbonyl (C=O) groups is 1. The Hall–Kier alpha value is -1.73. The third-order valence-electron chi connectivity index (χ3n) is 2.01. The average Bonchev–Trinajstić information content (AvgIpc) is 2.19. The number of anilines is 1. The van der Waals surface area contributed by atoms with Gasteiger partial charge in [0.05, 0.1) is 22.3 Å². The predicted molar refractivity (Wildman–Crippen MR) is 63.1 cm³/mol. The molecule has 1 aromatic rings. The van der Waals surface area contributed by atoms with Crippen molar-refractivity contribution < 1.29 is 4.79 Å². The molecule has 5 heteroatoms. The van der Waals surface area contributed by atoms with Gasteiger partial charge in [0.25, 0.3) is 0 Å². The fraction of sp³-hybridized carbons (Fsp3) is 0.273. The van der Waals surface area contributed by atoms with E-state index in [1.54, 1.807) is 18.2 Å². The molecule has 1 rings (SSSR count). The Morgan fingerprint density at radius 3 is 2.88 bits per heavy atom. The molecular weight excluding hydrogens is 226 g/mol. The number of nitrogens with one attached hydrogen (secondary N) is 1. The molecule has 3 N–H and O–H groups in total. The summed E-state index contributed by atoms with van der Waals surface area (Å²) in [5.41, 5.74) is 6.26. The molecular formula is C11H12ClN3O. The van der Waals surface area contributed by atoms with Crippen molar-refractivity contribution in [3.8, 4) is 6.07 Å². The largest absolute Gasteiger partial charge is 0.381 e. The van der Waals surface area contributed by atoms with E-state index >= 15 is 0 Å². The highest BCUT2D eigenvalue weighted by Crippen LogP contribution is 2.23. The van der Waals surface area contributed by atoms with Crippen LogP contribution in [0.25, 0.3) is 0 Å². The lowest BCUT2D eigenvalue weighted by molar-refractivity contribution is -0.118. The van der Waals surface area contributed by atoms with Crippen molar-refractivity contribution in [1.82, 2.24) is 0 Å². The normalized spacial score (nSPS) is 11.6. The molecule has 0 heterocycles. The predicted octanol–water partition coefficient (Wildman–Crippen LogP) is 1.89. The summed E-state index contributed by atoms with van der Waals surface area (Å²) in [4.78, 5) is 10.7. The summed E-state index contributed by atoms with van der Waals surface area (Å²) < 4.78 is 0. The van der Waals surface area contributed by atoms with Gasteiger partial charge in [0.15, 0.2) is 0 Å². The number of nitriles is 1. The van der Waals surface area contributed by atoms with Gasteiger partial charge in [-0.3, -0.25) is 4.79 Å². The van der Waals surface area contributed by atoms with Gasteiger partial charge in [0, 0.05) is 12.5 Å². The maximum atomic E-state index is 10.7. The Morgan fingerprint density at radius 1 is 1.69 bits per heavy atom. The third kappa shape index (κ3) is 3.44. The summed E-state index contributed by atoms with van der Waals surface area (Å²) in [7, 11) is 0. The van der Waals surface area contributed by atoms with Crippen molar-refractivity contribution in [1.29, 1.82) is 5.26 Å². The minimum atomic E-state index is -0.371. The Balaban J connectivity index is 2.75. The monoisotopic (exact) mass is 237 g/mol. The molecule has 0 aliphatic carbocycles. The van der Waals surface area contributed by atoms with Gasteiger partial charge >= 0.3 is 0 Å². The van der Waals surface area contributed by atoms with E-state index in [0.29, 0.717) is 16.3 Å². The fourth-order valence-electron chi connectivity index (χ4n) is 1.32. The Labute approximate surface area is 99.0 Å². The minimum absolute atomic E-state index is 0.0945. The van der Waals surface area contributed by atoms with Crippen LogP contribution in [0.3, 0.4) is 0 Å². The van der Waals surface area contributed by atoms with Crippen LogP contribution < -0.4 is 11.1 Å². The molecule has 4 nitrogen and oxygen atoms in total. The maximum Gasteiger partial charge on any atom is 0.219 e. The van der Waals surface area contributed by atoms with Crippen molar-refractivity contribution in [2.24, 2.45) is 5.73 Å². The molecule has 0 saturated heterocycles. The number of amides is 1. The first-order chi connectivity index (χ1) is 7.52. The highest BCUT2D eigenvalue weighted by molar-refractivity contribution is 6.33. The molecule has 1 aromatic carbocycles. The Bertz CT molecular complexity index is 439. The first-order valence-corrected chi connectivity index (χ1v) is 5.15. The molecule has 0 saturated carbocycles. The van der Waals surface area contributed by atoms with E-state index < -0.39 is 0 Å². The molecule has 0 aliphatic heterocycles. The number of nitrogens with zero attached hydrogens (tertiary/aromatic N) is 1. The van der Waals surface area contributed by atoms with E-state index in [1.807, 2.05) is 13.0 Å². The number of hydrogen-bond acceptors (Lipinski definition) is 3. The third-order valence-corrected chi connectivity index (χ3v) is 2.32. The van der Waals surface area contributed by atoms with E-state index in [9.17, 15) is 4.79 Å². The first kappa shape index (κ1) is 12.3. The van der Waals surface area contributed by atoms with Gasteiger partial charge in [-0.15, -0.1) is 0 Å². The molecule has 16 heavy (non-hydrogen) atoms. The minimum Gasteiger partial charge on any atom is -0.381 e. The summed E-state index contributed by atoms with van der Waals surface area (Å²) in [6.45, 7) is 1.83. The standard InChI is InChI=1S/C11H12ClN3O/c1-7(4-11(14)16)15-10-3-2-8(6-13)5-9(10)12/h2-3,5,7,15H,4H2,1H3,(H2,14,16). The molecule has 0 radical (unpaired) electrons. The number of benzene rings is 1. The van der Waals surface area contributed by atoms with Gasteiger partial charge in [-0.1, -0.05) is 11.6 Å². The number of primary amides is 1. The van der Waals surface area contributed by atoms with Crippen LogP contribution in [0.1, 0.15) is 18.9 Å². The molecule has 0 fully saturated rings. The number of hydrogen-bond donors (Lipinski definition) is 2. The van der Waals surface area contributed by atoms with Crippen molar-refractivity contribution in [2.45, 2.75) is 19.4 Å². The molecule has 0 spiro atoms. The zero-order valence-corrected chi connectivity index (χ0v) is 9.58. The quantitative estimate of drug-likeness (QED) is 0.839. The topological polar surface area (TPSA) is 78.9 Å². The smallest absolute Gasteiger partial charge is 0.219 e. The van der Waals surface area contributed by atoms with Gasteiger partial charge < -0.3 is 11.1 Å². The maximum absolute atomic E-state index is 10.7. The second-order valence-electron chi connectivity index (χ2n) is 3.52. The number of halogens is 1. The van der Waals surface area contributed by atoms with Crippen LogP contribution in [-0.2, 0) is 4.79 Å². The van der Waals surface area contributed by atoms with Crippen molar-refractivity contribution >= 4 is 23.2 Å². The van der Waals surface area contributed by atoms with E-state index in [-0.39, 0.29) is 18.4 Å². The molecule has 1 unspecified atom stereocenters. The van der Waals surface area contributed by atoms with Gasteiger partial charge in [-0.2, -0.15) is 5.26 Å². The van der Waals surface area contributed by atoms with E-state index in [4.69, 9.17) is 22.6 Å². The first-order valence-electron chi connectivity index (χ1n) is 4.77. The van der Waals surface area contributed by atoms with E-state index in [1.165, 1.54) is 0 Å². The molecule has 0 aromatic heterocycles. The summed E-state index contributed by atoms with van der Waals surface area (Å²) in [6, 6.07) is 6.83. The average molecular weight is 238 g/mol. The summed E-state index contributed by atoms with van der Waals surface area (Å²) >= 11 is 5.96. The van der Waals surface area contributed by atoms with Gasteiger partial charge in [0.2, 0.25) is 5.91 Å². The van der Waals surface area contributed by atoms with Crippen LogP contribution in [0.2, 0.25) is 5.02 Å². The molecule has 1 amide bonds. The van der Waals surface area contributed by atoms with E-state index in [2.05, 4.69) is 5.32 Å². The van der Waals surface area contributed by atoms with Crippen LogP contribution in [-0.4, -0.2) is 11.9 Å². The second-order valence-corrected chi connectivity index (χ2v) is 3.93. The van der Waals surface area contributed by atoms with Gasteiger partial charge in [-0.05, 0) is 25.1 Å². The highest BCUT2D eigenvalue weighted by Gasteiger charge is 2.08. The fourth-order valence-corrected chi connectivity index (χ4v) is 1.56. The van der Waals surface area contributed by atoms with Crippen molar-refractivity contribution in [3.63, 3.8) is 0 Å². The molecule has 0 bridgehead atoms. The van der Waals surface area contributed by atoms with Crippen LogP contribution in [0.15, 0.2) is 18.2 Å². The second kappa shape index (κ2) is 5.38. The Kier molecular flexibility index (Phi) is 4.15. The Morgan fingerprint density at radius 2 is 2.38 bits per heavy atom. The van der Waals surface area contributed by atoms with Crippen LogP contribution in [0.4, 0.5) is 5.69 Å². The van der Waals surface area contributed by atoms with Gasteiger partial charge in [0.1, 0.15) is 0 Å². The summed E-state index contributed by atoms with van der Waals surface area (Å²) in [5, 5.41) is 12.2. The zero-order chi connectivity index (χ0) is 12.1. The molecule has 84 valence electrons. The van der Waals surface area contributed by atoms with Crippen LogP contribution >= 0.6 is 11.6 Å². The van der Waals surface area contributed by atoms with Crippen LogP contribution in [0, 0.1) is 11.3 Å². The summed E-state index contributed by atoms with van der Waals surface area (Å²) in [5.74, 6) is -0.371. The number of nitrogens with two attached hydrogens (primary N) is 1. The van der Waals surface area contributed by atoms with Gasteiger partial charge in [-0.25, -0.2) is 0 Å².